The smallest absolute Gasteiger partial charge is 0.209 e. The predicted molar refractivity (Wildman–Crippen MR) is 106 cm³/mol. The molecule has 1 fully saturated rings. The van der Waals surface area contributed by atoms with Gasteiger partial charge in [-0.3, -0.25) is 9.69 Å². The van der Waals surface area contributed by atoms with Gasteiger partial charge in [0.15, 0.2) is 0 Å². The SMILES string of the molecule is COc1cc2c(-c3ccccc3)c(C)oc2cc1CN1CCN(C=O)CC1. The number of furan rings is 1. The van der Waals surface area contributed by atoms with E-state index < -0.39 is 0 Å². The summed E-state index contributed by atoms with van der Waals surface area (Å²) in [5.41, 5.74) is 4.26. The van der Waals surface area contributed by atoms with Gasteiger partial charge in [-0.05, 0) is 24.6 Å². The molecule has 0 spiro atoms. The maximum absolute atomic E-state index is 10.9. The maximum atomic E-state index is 10.9. The zero-order chi connectivity index (χ0) is 18.8. The number of amides is 1. The van der Waals surface area contributed by atoms with Crippen LogP contribution in [0.3, 0.4) is 0 Å². The molecule has 0 atom stereocenters. The van der Waals surface area contributed by atoms with E-state index in [0.29, 0.717) is 0 Å². The summed E-state index contributed by atoms with van der Waals surface area (Å²) in [5, 5.41) is 1.07. The summed E-state index contributed by atoms with van der Waals surface area (Å²) >= 11 is 0. The highest BCUT2D eigenvalue weighted by Crippen LogP contribution is 2.38. The number of rotatable bonds is 5. The molecule has 0 bridgehead atoms. The normalized spacial score (nSPS) is 15.3. The van der Waals surface area contributed by atoms with Crippen molar-refractivity contribution in [3.05, 3.63) is 53.8 Å². The lowest BCUT2D eigenvalue weighted by Gasteiger charge is -2.32. The van der Waals surface area contributed by atoms with Crippen molar-refractivity contribution >= 4 is 17.4 Å². The minimum Gasteiger partial charge on any atom is -0.496 e. The van der Waals surface area contributed by atoms with Crippen LogP contribution in [0.4, 0.5) is 0 Å². The van der Waals surface area contributed by atoms with E-state index in [2.05, 4.69) is 29.2 Å². The summed E-state index contributed by atoms with van der Waals surface area (Å²) in [6, 6.07) is 14.5. The van der Waals surface area contributed by atoms with Gasteiger partial charge in [0.1, 0.15) is 17.1 Å². The second-order valence-electron chi connectivity index (χ2n) is 6.98. The lowest BCUT2D eigenvalue weighted by molar-refractivity contribution is -0.119. The van der Waals surface area contributed by atoms with Gasteiger partial charge in [0.05, 0.1) is 7.11 Å². The molecule has 27 heavy (non-hydrogen) atoms. The van der Waals surface area contributed by atoms with Gasteiger partial charge in [-0.15, -0.1) is 0 Å². The van der Waals surface area contributed by atoms with Crippen molar-refractivity contribution in [3.63, 3.8) is 0 Å². The van der Waals surface area contributed by atoms with Gasteiger partial charge >= 0.3 is 0 Å². The summed E-state index contributed by atoms with van der Waals surface area (Å²) in [7, 11) is 1.71. The topological polar surface area (TPSA) is 45.9 Å². The van der Waals surface area contributed by atoms with Crippen LogP contribution in [0.1, 0.15) is 11.3 Å². The monoisotopic (exact) mass is 364 g/mol. The Hall–Kier alpha value is -2.79. The molecule has 5 heteroatoms. The van der Waals surface area contributed by atoms with Crippen molar-refractivity contribution in [1.29, 1.82) is 0 Å². The average Bonchev–Trinajstić information content (AvgIpc) is 3.03. The molecule has 5 nitrogen and oxygen atoms in total. The summed E-state index contributed by atoms with van der Waals surface area (Å²) in [5.74, 6) is 1.79. The van der Waals surface area contributed by atoms with E-state index in [1.54, 1.807) is 7.11 Å². The Morgan fingerprint density at radius 3 is 2.52 bits per heavy atom. The van der Waals surface area contributed by atoms with E-state index in [4.69, 9.17) is 9.15 Å². The van der Waals surface area contributed by atoms with Crippen LogP contribution in [0, 0.1) is 6.92 Å². The first kappa shape index (κ1) is 17.6. The number of piperazine rings is 1. The third kappa shape index (κ3) is 3.43. The Morgan fingerprint density at radius 1 is 1.11 bits per heavy atom. The molecule has 1 amide bonds. The number of aryl methyl sites for hydroxylation is 1. The fourth-order valence-electron chi connectivity index (χ4n) is 3.83. The summed E-state index contributed by atoms with van der Waals surface area (Å²) in [6.45, 7) is 6.07. The Labute approximate surface area is 159 Å². The molecule has 0 unspecified atom stereocenters. The molecule has 1 aliphatic heterocycles. The number of methoxy groups -OCH3 is 1. The number of benzene rings is 2. The molecule has 0 radical (unpaired) electrons. The standard InChI is InChI=1S/C22H24N2O3/c1-16-22(17-6-4-3-5-7-17)19-13-20(26-2)18(12-21(19)27-16)14-23-8-10-24(15-25)11-9-23/h3-7,12-13,15H,8-11,14H2,1-2H3. The van der Waals surface area contributed by atoms with E-state index in [-0.39, 0.29) is 0 Å². The summed E-state index contributed by atoms with van der Waals surface area (Å²) < 4.78 is 11.8. The molecule has 4 rings (SSSR count). The third-order valence-corrected chi connectivity index (χ3v) is 5.28. The Bertz CT molecular complexity index is 941. The summed E-state index contributed by atoms with van der Waals surface area (Å²) in [6.07, 6.45) is 0.931. The van der Waals surface area contributed by atoms with Crippen LogP contribution in [0.2, 0.25) is 0 Å². The van der Waals surface area contributed by atoms with Gasteiger partial charge in [0.25, 0.3) is 0 Å². The average molecular weight is 364 g/mol. The Morgan fingerprint density at radius 2 is 1.85 bits per heavy atom. The van der Waals surface area contributed by atoms with Crippen molar-refractivity contribution in [1.82, 2.24) is 9.80 Å². The lowest BCUT2D eigenvalue weighted by Crippen LogP contribution is -2.45. The lowest BCUT2D eigenvalue weighted by atomic mass is 10.0. The molecule has 1 aromatic heterocycles. The van der Waals surface area contributed by atoms with E-state index in [1.165, 1.54) is 0 Å². The zero-order valence-electron chi connectivity index (χ0n) is 15.8. The van der Waals surface area contributed by atoms with E-state index in [0.717, 1.165) is 78.3 Å². The highest BCUT2D eigenvalue weighted by Gasteiger charge is 2.20. The first-order chi connectivity index (χ1) is 13.2. The molecule has 140 valence electrons. The molecule has 0 N–H and O–H groups in total. The molecular formula is C22H24N2O3. The highest BCUT2D eigenvalue weighted by atomic mass is 16.5. The minimum absolute atomic E-state index is 0.770. The van der Waals surface area contributed by atoms with Crippen LogP contribution < -0.4 is 4.74 Å². The first-order valence-corrected chi connectivity index (χ1v) is 9.26. The molecular weight excluding hydrogens is 340 g/mol. The third-order valence-electron chi connectivity index (χ3n) is 5.28. The minimum atomic E-state index is 0.770. The highest BCUT2D eigenvalue weighted by molar-refractivity contribution is 5.97. The van der Waals surface area contributed by atoms with Gasteiger partial charge in [0.2, 0.25) is 6.41 Å². The molecule has 0 aliphatic carbocycles. The van der Waals surface area contributed by atoms with Crippen LogP contribution in [0.25, 0.3) is 22.1 Å². The van der Waals surface area contributed by atoms with Gasteiger partial charge in [0, 0.05) is 49.2 Å². The van der Waals surface area contributed by atoms with Crippen LogP contribution in [0.5, 0.6) is 5.75 Å². The van der Waals surface area contributed by atoms with Crippen molar-refractivity contribution in [2.45, 2.75) is 13.5 Å². The van der Waals surface area contributed by atoms with Crippen LogP contribution in [-0.2, 0) is 11.3 Å². The Balaban J connectivity index is 1.68. The van der Waals surface area contributed by atoms with Crippen molar-refractivity contribution < 1.29 is 13.9 Å². The fraction of sp³-hybridized carbons (Fsp3) is 0.318. The molecule has 2 heterocycles. The van der Waals surface area contributed by atoms with Crippen LogP contribution in [-0.4, -0.2) is 49.5 Å². The van der Waals surface area contributed by atoms with Crippen molar-refractivity contribution in [2.24, 2.45) is 0 Å². The van der Waals surface area contributed by atoms with Crippen molar-refractivity contribution in [2.75, 3.05) is 33.3 Å². The number of nitrogens with zero attached hydrogens (tertiary/aromatic N) is 2. The maximum Gasteiger partial charge on any atom is 0.209 e. The largest absolute Gasteiger partial charge is 0.496 e. The van der Waals surface area contributed by atoms with Gasteiger partial charge in [-0.25, -0.2) is 0 Å². The summed E-state index contributed by atoms with van der Waals surface area (Å²) in [4.78, 5) is 15.1. The van der Waals surface area contributed by atoms with E-state index in [9.17, 15) is 4.79 Å². The number of carbonyl (C=O) groups excluding carboxylic acids is 1. The number of ether oxygens (including phenoxy) is 1. The Kier molecular flexibility index (Phi) is 4.86. The van der Waals surface area contributed by atoms with Crippen LogP contribution in [0.15, 0.2) is 46.9 Å². The number of hydrogen-bond acceptors (Lipinski definition) is 4. The number of carbonyl (C=O) groups is 1. The van der Waals surface area contributed by atoms with Crippen molar-refractivity contribution in [3.8, 4) is 16.9 Å². The molecule has 1 aliphatic rings. The molecule has 3 aromatic rings. The first-order valence-electron chi connectivity index (χ1n) is 9.26. The molecule has 1 saturated heterocycles. The zero-order valence-corrected chi connectivity index (χ0v) is 15.8. The number of hydrogen-bond donors (Lipinski definition) is 0. The van der Waals surface area contributed by atoms with E-state index >= 15 is 0 Å². The molecule has 0 saturated carbocycles. The second-order valence-corrected chi connectivity index (χ2v) is 6.98. The van der Waals surface area contributed by atoms with Gasteiger partial charge in [-0.1, -0.05) is 30.3 Å². The number of fused-ring (bicyclic) bond motifs is 1. The van der Waals surface area contributed by atoms with Crippen LogP contribution >= 0.6 is 0 Å². The van der Waals surface area contributed by atoms with Gasteiger partial charge in [-0.2, -0.15) is 0 Å². The second kappa shape index (κ2) is 7.45. The quantitative estimate of drug-likeness (QED) is 0.648. The predicted octanol–water partition coefficient (Wildman–Crippen LogP) is 3.69. The fourth-order valence-corrected chi connectivity index (χ4v) is 3.83. The van der Waals surface area contributed by atoms with Gasteiger partial charge < -0.3 is 14.1 Å². The van der Waals surface area contributed by atoms with E-state index in [1.807, 2.05) is 30.0 Å². The molecule has 2 aromatic carbocycles.